The number of nitrogens with one attached hydrogen (secondary N) is 1. The number of amides is 3. The third-order valence-corrected chi connectivity index (χ3v) is 8.81. The number of urea groups is 1. The number of rotatable bonds is 5. The summed E-state index contributed by atoms with van der Waals surface area (Å²) in [7, 11) is -3.22. The zero-order valence-corrected chi connectivity index (χ0v) is 18.4. The first-order valence-electron chi connectivity index (χ1n) is 10.6. The van der Waals surface area contributed by atoms with E-state index < -0.39 is 21.3 Å². The summed E-state index contributed by atoms with van der Waals surface area (Å²) in [6, 6.07) is 3.85. The normalized spacial score (nSPS) is 25.2. The van der Waals surface area contributed by atoms with Crippen molar-refractivity contribution in [1.82, 2.24) is 24.1 Å². The van der Waals surface area contributed by atoms with Gasteiger partial charge in [-0.3, -0.25) is 19.9 Å². The van der Waals surface area contributed by atoms with Crippen molar-refractivity contribution in [3.05, 3.63) is 30.1 Å². The van der Waals surface area contributed by atoms with Crippen LogP contribution in [0.1, 0.15) is 32.3 Å². The number of hydrogen-bond donors (Lipinski definition) is 1. The van der Waals surface area contributed by atoms with Crippen molar-refractivity contribution in [3.63, 3.8) is 0 Å². The van der Waals surface area contributed by atoms with Gasteiger partial charge in [-0.1, -0.05) is 0 Å². The molecule has 166 valence electrons. The highest BCUT2D eigenvalue weighted by Gasteiger charge is 2.48. The molecule has 2 bridgehead atoms. The second-order valence-electron chi connectivity index (χ2n) is 8.79. The molecule has 11 heteroatoms. The van der Waals surface area contributed by atoms with Gasteiger partial charge < -0.3 is 0 Å². The van der Waals surface area contributed by atoms with E-state index in [1.165, 1.54) is 0 Å². The summed E-state index contributed by atoms with van der Waals surface area (Å²) in [4.78, 5) is 27.6. The Hall–Kier alpha value is -2.50. The van der Waals surface area contributed by atoms with Crippen molar-refractivity contribution in [1.29, 1.82) is 0 Å². The number of hydrogen-bond acceptors (Lipinski definition) is 6. The molecular weight excluding hydrogens is 420 g/mol. The number of aromatic nitrogens is 2. The molecule has 3 saturated heterocycles. The molecule has 0 radical (unpaired) electrons. The van der Waals surface area contributed by atoms with Crippen LogP contribution < -0.4 is 10.2 Å². The summed E-state index contributed by atoms with van der Waals surface area (Å²) in [5.74, 6) is -0.268. The molecule has 2 aromatic rings. The molecule has 0 saturated carbocycles. The lowest BCUT2D eigenvalue weighted by atomic mass is 10.2. The highest BCUT2D eigenvalue weighted by atomic mass is 32.2. The fourth-order valence-electron chi connectivity index (χ4n) is 4.84. The van der Waals surface area contributed by atoms with E-state index >= 15 is 0 Å². The predicted molar refractivity (Wildman–Crippen MR) is 114 cm³/mol. The van der Waals surface area contributed by atoms with Gasteiger partial charge in [-0.05, 0) is 38.0 Å². The maximum Gasteiger partial charge on any atom is 0.328 e. The summed E-state index contributed by atoms with van der Waals surface area (Å²) >= 11 is 0. The largest absolute Gasteiger partial charge is 0.328 e. The van der Waals surface area contributed by atoms with E-state index in [1.54, 1.807) is 33.8 Å². The van der Waals surface area contributed by atoms with E-state index in [4.69, 9.17) is 0 Å². The van der Waals surface area contributed by atoms with Gasteiger partial charge in [0.25, 0.3) is 0 Å². The van der Waals surface area contributed by atoms with E-state index in [9.17, 15) is 18.0 Å². The fraction of sp³-hybridized carbons (Fsp3) is 0.550. The zero-order valence-electron chi connectivity index (χ0n) is 17.6. The van der Waals surface area contributed by atoms with Crippen molar-refractivity contribution in [2.75, 3.05) is 24.5 Å². The number of likely N-dealkylation sites (tertiary alicyclic amines) is 1. The number of fused-ring (bicyclic) bond motifs is 3. The first kappa shape index (κ1) is 20.4. The summed E-state index contributed by atoms with van der Waals surface area (Å²) in [5, 5.41) is 6.28. The maximum absolute atomic E-state index is 12.6. The monoisotopic (exact) mass is 446 g/mol. The number of carbonyl (C=O) groups excluding carboxylic acids is 2. The Labute approximate surface area is 180 Å². The van der Waals surface area contributed by atoms with Crippen LogP contribution in [-0.2, 0) is 21.4 Å². The number of sulfonamides is 1. The lowest BCUT2D eigenvalue weighted by Crippen LogP contribution is -2.50. The molecule has 0 aromatic carbocycles. The Balaban J connectivity index is 1.34. The van der Waals surface area contributed by atoms with E-state index in [2.05, 4.69) is 15.3 Å². The van der Waals surface area contributed by atoms with Gasteiger partial charge in [0, 0.05) is 50.9 Å². The van der Waals surface area contributed by atoms with Gasteiger partial charge in [0.1, 0.15) is 0 Å². The molecule has 0 aliphatic carbocycles. The van der Waals surface area contributed by atoms with Crippen LogP contribution in [0.4, 0.5) is 10.5 Å². The van der Waals surface area contributed by atoms with Gasteiger partial charge >= 0.3 is 6.03 Å². The Morgan fingerprint density at radius 2 is 2.03 bits per heavy atom. The lowest BCUT2D eigenvalue weighted by Gasteiger charge is -2.34. The third kappa shape index (κ3) is 3.40. The molecule has 2 atom stereocenters. The number of anilines is 1. The first-order chi connectivity index (χ1) is 14.7. The molecule has 1 unspecified atom stereocenters. The van der Waals surface area contributed by atoms with Gasteiger partial charge in [-0.25, -0.2) is 17.7 Å². The number of nitrogens with zero attached hydrogens (tertiary/aromatic N) is 5. The summed E-state index contributed by atoms with van der Waals surface area (Å²) in [6.07, 6.45) is 4.63. The molecule has 1 N–H and O–H groups in total. The van der Waals surface area contributed by atoms with Crippen LogP contribution in [-0.4, -0.2) is 76.1 Å². The van der Waals surface area contributed by atoms with Gasteiger partial charge in [0.05, 0.1) is 22.7 Å². The Morgan fingerprint density at radius 3 is 2.71 bits per heavy atom. The number of pyridine rings is 1. The van der Waals surface area contributed by atoms with Gasteiger partial charge in [-0.15, -0.1) is 0 Å². The Kier molecular flexibility index (Phi) is 4.79. The summed E-state index contributed by atoms with van der Waals surface area (Å²) in [6.45, 7) is 5.78. The van der Waals surface area contributed by atoms with Crippen LogP contribution in [0.2, 0.25) is 0 Å². The third-order valence-electron chi connectivity index (χ3n) is 6.52. The maximum atomic E-state index is 12.6. The van der Waals surface area contributed by atoms with Gasteiger partial charge in [-0.2, -0.15) is 9.40 Å². The zero-order chi connectivity index (χ0) is 21.9. The number of carbonyl (C=O) groups is 2. The lowest BCUT2D eigenvalue weighted by molar-refractivity contribution is -0.120. The molecule has 3 aliphatic heterocycles. The van der Waals surface area contributed by atoms with E-state index in [0.717, 1.165) is 24.0 Å². The fourth-order valence-corrected chi connectivity index (χ4v) is 6.33. The van der Waals surface area contributed by atoms with Crippen LogP contribution in [0.15, 0.2) is 24.5 Å². The average molecular weight is 447 g/mol. The summed E-state index contributed by atoms with van der Waals surface area (Å²) in [5.41, 5.74) is 2.55. The van der Waals surface area contributed by atoms with Crippen LogP contribution in [0.25, 0.3) is 5.52 Å². The van der Waals surface area contributed by atoms with Gasteiger partial charge in [0.15, 0.2) is 0 Å². The second-order valence-corrected chi connectivity index (χ2v) is 11.2. The molecule has 2 aromatic heterocycles. The Bertz CT molecular complexity index is 1160. The van der Waals surface area contributed by atoms with Crippen LogP contribution >= 0.6 is 0 Å². The molecule has 3 fully saturated rings. The molecular formula is C20H26N6O4S. The topological polar surface area (TPSA) is 107 Å². The van der Waals surface area contributed by atoms with Crippen molar-refractivity contribution in [2.24, 2.45) is 0 Å². The standard InChI is InChI=1S/C20H26N6O4S/c1-13(2)31(29,30)26-12-15-8-16(26)11-23(15)10-14-3-6-25-17(7-14)18(9-21-25)24-5-4-19(27)22-20(24)28/h3,6-7,9,13,15-16H,4-5,8,10-12H2,1-2H3,(H,22,27,28)/t15?,16-/m1/s1. The van der Waals surface area contributed by atoms with Crippen molar-refractivity contribution in [3.8, 4) is 0 Å². The Morgan fingerprint density at radius 1 is 1.23 bits per heavy atom. The smallest absolute Gasteiger partial charge is 0.293 e. The van der Waals surface area contributed by atoms with E-state index in [1.807, 2.05) is 18.3 Å². The van der Waals surface area contributed by atoms with Gasteiger partial charge in [0.2, 0.25) is 15.9 Å². The van der Waals surface area contributed by atoms with Crippen LogP contribution in [0.5, 0.6) is 0 Å². The minimum Gasteiger partial charge on any atom is -0.293 e. The SMILES string of the molecule is CC(C)S(=O)(=O)N1CC2C[C@@H]1CN2Cc1ccn2ncc(N3CCC(=O)NC3=O)c2c1. The molecule has 10 nitrogen and oxygen atoms in total. The minimum atomic E-state index is -3.22. The highest BCUT2D eigenvalue weighted by Crippen LogP contribution is 2.35. The highest BCUT2D eigenvalue weighted by molar-refractivity contribution is 7.89. The van der Waals surface area contributed by atoms with Crippen molar-refractivity contribution < 1.29 is 18.0 Å². The van der Waals surface area contributed by atoms with E-state index in [-0.39, 0.29) is 24.4 Å². The molecule has 3 aliphatic rings. The molecule has 0 spiro atoms. The van der Waals surface area contributed by atoms with Crippen LogP contribution in [0.3, 0.4) is 0 Å². The number of imide groups is 1. The molecule has 5 rings (SSSR count). The molecule has 31 heavy (non-hydrogen) atoms. The van der Waals surface area contributed by atoms with E-state index in [0.29, 0.717) is 25.3 Å². The van der Waals surface area contributed by atoms with Crippen molar-refractivity contribution in [2.45, 2.75) is 50.6 Å². The first-order valence-corrected chi connectivity index (χ1v) is 12.1. The average Bonchev–Trinajstić information content (AvgIpc) is 3.42. The molecule has 5 heterocycles. The van der Waals surface area contributed by atoms with Crippen LogP contribution in [0, 0.1) is 0 Å². The number of piperazine rings is 1. The minimum absolute atomic E-state index is 0.0428. The summed E-state index contributed by atoms with van der Waals surface area (Å²) < 4.78 is 28.6. The second kappa shape index (κ2) is 7.28. The van der Waals surface area contributed by atoms with Crippen molar-refractivity contribution >= 4 is 33.2 Å². The predicted octanol–water partition coefficient (Wildman–Crippen LogP) is 0.777. The molecule has 3 amide bonds. The quantitative estimate of drug-likeness (QED) is 0.727.